The van der Waals surface area contributed by atoms with Crippen LogP contribution in [0.15, 0.2) is 28.9 Å². The largest absolute Gasteiger partial charge is 0.469 e. The first-order valence-electron chi connectivity index (χ1n) is 8.11. The van der Waals surface area contributed by atoms with Crippen molar-refractivity contribution in [3.05, 3.63) is 30.2 Å². The lowest BCUT2D eigenvalue weighted by Gasteiger charge is -2.24. The molecule has 0 radical (unpaired) electrons. The van der Waals surface area contributed by atoms with Crippen LogP contribution in [0.25, 0.3) is 11.5 Å². The number of nitrogens with one attached hydrogen (secondary N) is 1. The second kappa shape index (κ2) is 9.03. The molecule has 0 aliphatic rings. The van der Waals surface area contributed by atoms with Crippen LogP contribution in [0, 0.1) is 5.92 Å². The summed E-state index contributed by atoms with van der Waals surface area (Å²) in [6.45, 7) is 5.11. The number of ether oxygens (including phenoxy) is 2. The second-order valence-corrected chi connectivity index (χ2v) is 5.52. The molecule has 2 heterocycles. The van der Waals surface area contributed by atoms with E-state index in [9.17, 15) is 9.59 Å². The van der Waals surface area contributed by atoms with Crippen LogP contribution in [0.5, 0.6) is 0 Å². The number of aromatic nitrogens is 2. The van der Waals surface area contributed by atoms with Gasteiger partial charge in [-0.2, -0.15) is 5.10 Å². The number of hydrogen-bond donors (Lipinski definition) is 1. The Hall–Kier alpha value is -2.61. The zero-order valence-electron chi connectivity index (χ0n) is 14.7. The second-order valence-electron chi connectivity index (χ2n) is 5.52. The van der Waals surface area contributed by atoms with E-state index >= 15 is 0 Å². The standard InChI is InChI=1S/C17H23N3O5/c1-4-24-9-7-20(11-12(2)17(22)23-3)16(21)14-10-13(18-19-14)15-6-5-8-25-15/h5-6,8,10,12H,4,7,9,11H2,1-3H3,(H,18,19)/t12-/m1/s1. The van der Waals surface area contributed by atoms with Gasteiger partial charge in [-0.25, -0.2) is 0 Å². The number of carbonyl (C=O) groups excluding carboxylic acids is 2. The summed E-state index contributed by atoms with van der Waals surface area (Å²) in [6, 6.07) is 5.15. The summed E-state index contributed by atoms with van der Waals surface area (Å²) in [5.74, 6) is -0.508. The maximum absolute atomic E-state index is 12.8. The molecule has 0 saturated heterocycles. The van der Waals surface area contributed by atoms with Crippen molar-refractivity contribution in [1.82, 2.24) is 15.1 Å². The number of rotatable bonds is 9. The van der Waals surface area contributed by atoms with Gasteiger partial charge < -0.3 is 18.8 Å². The third-order valence-corrected chi connectivity index (χ3v) is 3.68. The Labute approximate surface area is 146 Å². The van der Waals surface area contributed by atoms with Crippen LogP contribution in [-0.2, 0) is 14.3 Å². The number of carbonyl (C=O) groups is 2. The third kappa shape index (κ3) is 4.93. The molecule has 0 aliphatic carbocycles. The molecule has 2 rings (SSSR count). The van der Waals surface area contributed by atoms with Gasteiger partial charge >= 0.3 is 5.97 Å². The number of hydrogen-bond acceptors (Lipinski definition) is 6. The molecule has 1 atom stereocenters. The van der Waals surface area contributed by atoms with Crippen molar-refractivity contribution in [2.24, 2.45) is 5.92 Å². The summed E-state index contributed by atoms with van der Waals surface area (Å²) in [7, 11) is 1.33. The molecule has 0 bridgehead atoms. The Bertz CT molecular complexity index is 680. The molecule has 136 valence electrons. The minimum atomic E-state index is -0.445. The number of nitrogens with zero attached hydrogens (tertiary/aromatic N) is 2. The number of esters is 1. The summed E-state index contributed by atoms with van der Waals surface area (Å²) in [5.41, 5.74) is 0.860. The van der Waals surface area contributed by atoms with Crippen LogP contribution in [0.1, 0.15) is 24.3 Å². The molecule has 1 N–H and O–H groups in total. The number of aromatic amines is 1. The number of amides is 1. The van der Waals surface area contributed by atoms with E-state index < -0.39 is 5.92 Å². The molecule has 8 nitrogen and oxygen atoms in total. The van der Waals surface area contributed by atoms with Crippen molar-refractivity contribution >= 4 is 11.9 Å². The summed E-state index contributed by atoms with van der Waals surface area (Å²) in [6.07, 6.45) is 1.55. The molecule has 2 aromatic heterocycles. The van der Waals surface area contributed by atoms with Gasteiger partial charge in [-0.15, -0.1) is 0 Å². The van der Waals surface area contributed by atoms with E-state index in [-0.39, 0.29) is 24.1 Å². The molecule has 0 fully saturated rings. The normalized spacial score (nSPS) is 12.0. The SMILES string of the molecule is CCOCCN(C[C@@H](C)C(=O)OC)C(=O)c1cc(-c2ccco2)[nH]n1. The van der Waals surface area contributed by atoms with E-state index in [1.807, 2.05) is 6.92 Å². The van der Waals surface area contributed by atoms with Gasteiger partial charge in [0.15, 0.2) is 11.5 Å². The molecule has 1 amide bonds. The van der Waals surface area contributed by atoms with Crippen molar-refractivity contribution in [3.63, 3.8) is 0 Å². The monoisotopic (exact) mass is 349 g/mol. The molecular weight excluding hydrogens is 326 g/mol. The highest BCUT2D eigenvalue weighted by molar-refractivity contribution is 5.93. The Balaban J connectivity index is 2.11. The summed E-state index contributed by atoms with van der Waals surface area (Å²) in [5, 5.41) is 6.84. The van der Waals surface area contributed by atoms with Crippen LogP contribution in [-0.4, -0.2) is 60.4 Å². The first-order valence-corrected chi connectivity index (χ1v) is 8.11. The van der Waals surface area contributed by atoms with Crippen molar-refractivity contribution in [2.45, 2.75) is 13.8 Å². The quantitative estimate of drug-likeness (QED) is 0.549. The van der Waals surface area contributed by atoms with E-state index in [0.717, 1.165) is 0 Å². The average Bonchev–Trinajstić information content (AvgIpc) is 3.30. The number of methoxy groups -OCH3 is 1. The Kier molecular flexibility index (Phi) is 6.76. The predicted octanol–water partition coefficient (Wildman–Crippen LogP) is 1.96. The van der Waals surface area contributed by atoms with Crippen LogP contribution in [0.3, 0.4) is 0 Å². The van der Waals surface area contributed by atoms with E-state index in [4.69, 9.17) is 13.9 Å². The molecule has 0 aliphatic heterocycles. The van der Waals surface area contributed by atoms with Crippen LogP contribution in [0.4, 0.5) is 0 Å². The van der Waals surface area contributed by atoms with Gasteiger partial charge in [0.2, 0.25) is 0 Å². The van der Waals surface area contributed by atoms with Gasteiger partial charge in [0.05, 0.1) is 25.9 Å². The van der Waals surface area contributed by atoms with Gasteiger partial charge in [-0.05, 0) is 19.1 Å². The van der Waals surface area contributed by atoms with E-state index in [2.05, 4.69) is 10.2 Å². The van der Waals surface area contributed by atoms with Gasteiger partial charge in [0.25, 0.3) is 5.91 Å². The Morgan fingerprint density at radius 2 is 2.24 bits per heavy atom. The maximum atomic E-state index is 12.8. The fourth-order valence-corrected chi connectivity index (χ4v) is 2.35. The van der Waals surface area contributed by atoms with Crippen molar-refractivity contribution in [3.8, 4) is 11.5 Å². The van der Waals surface area contributed by atoms with Gasteiger partial charge in [-0.1, -0.05) is 6.92 Å². The molecule has 25 heavy (non-hydrogen) atoms. The third-order valence-electron chi connectivity index (χ3n) is 3.68. The van der Waals surface area contributed by atoms with E-state index in [1.54, 1.807) is 36.3 Å². The summed E-state index contributed by atoms with van der Waals surface area (Å²) in [4.78, 5) is 26.0. The Morgan fingerprint density at radius 1 is 1.44 bits per heavy atom. The zero-order valence-corrected chi connectivity index (χ0v) is 14.7. The maximum Gasteiger partial charge on any atom is 0.310 e. The van der Waals surface area contributed by atoms with Gasteiger partial charge in [0, 0.05) is 25.8 Å². The predicted molar refractivity (Wildman–Crippen MR) is 89.9 cm³/mol. The number of furan rings is 1. The Morgan fingerprint density at radius 3 is 2.88 bits per heavy atom. The van der Waals surface area contributed by atoms with Gasteiger partial charge in [0.1, 0.15) is 5.69 Å². The van der Waals surface area contributed by atoms with Gasteiger partial charge in [-0.3, -0.25) is 14.7 Å². The fourth-order valence-electron chi connectivity index (χ4n) is 2.35. The lowest BCUT2D eigenvalue weighted by atomic mass is 10.1. The van der Waals surface area contributed by atoms with Crippen LogP contribution >= 0.6 is 0 Å². The van der Waals surface area contributed by atoms with Crippen molar-refractivity contribution in [2.75, 3.05) is 33.4 Å². The first-order chi connectivity index (χ1) is 12.1. The first kappa shape index (κ1) is 18.7. The molecule has 2 aromatic rings. The smallest absolute Gasteiger partial charge is 0.310 e. The molecule has 8 heteroatoms. The molecule has 0 unspecified atom stereocenters. The molecular formula is C17H23N3O5. The highest BCUT2D eigenvalue weighted by Crippen LogP contribution is 2.19. The summed E-state index contributed by atoms with van der Waals surface area (Å²) >= 11 is 0. The number of H-pyrrole nitrogens is 1. The molecule has 0 spiro atoms. The highest BCUT2D eigenvalue weighted by atomic mass is 16.5. The fraction of sp³-hybridized carbons (Fsp3) is 0.471. The molecule has 0 aromatic carbocycles. The topological polar surface area (TPSA) is 97.7 Å². The zero-order chi connectivity index (χ0) is 18.2. The summed E-state index contributed by atoms with van der Waals surface area (Å²) < 4.78 is 15.3. The molecule has 0 saturated carbocycles. The van der Waals surface area contributed by atoms with E-state index in [0.29, 0.717) is 31.2 Å². The van der Waals surface area contributed by atoms with Crippen LogP contribution in [0.2, 0.25) is 0 Å². The van der Waals surface area contributed by atoms with E-state index in [1.165, 1.54) is 7.11 Å². The lowest BCUT2D eigenvalue weighted by molar-refractivity contribution is -0.145. The highest BCUT2D eigenvalue weighted by Gasteiger charge is 2.24. The lowest BCUT2D eigenvalue weighted by Crippen LogP contribution is -2.39. The van der Waals surface area contributed by atoms with Crippen LogP contribution < -0.4 is 0 Å². The average molecular weight is 349 g/mol. The van der Waals surface area contributed by atoms with Crippen molar-refractivity contribution in [1.29, 1.82) is 0 Å². The van der Waals surface area contributed by atoms with Crippen molar-refractivity contribution < 1.29 is 23.5 Å². The minimum absolute atomic E-state index is 0.224. The minimum Gasteiger partial charge on any atom is -0.469 e.